The summed E-state index contributed by atoms with van der Waals surface area (Å²) in [6, 6.07) is 10.5. The van der Waals surface area contributed by atoms with Crippen LogP contribution in [0.2, 0.25) is 5.02 Å². The molecule has 0 saturated heterocycles. The molecule has 0 aliphatic carbocycles. The number of amides is 2. The molecule has 0 saturated carbocycles. The molecule has 148 valence electrons. The van der Waals surface area contributed by atoms with Crippen molar-refractivity contribution < 1.29 is 23.8 Å². The van der Waals surface area contributed by atoms with Gasteiger partial charge in [-0.3, -0.25) is 20.4 Å². The lowest BCUT2D eigenvalue weighted by atomic mass is 10.1. The molecule has 2 N–H and O–H groups in total. The van der Waals surface area contributed by atoms with Gasteiger partial charge in [-0.2, -0.15) is 0 Å². The number of hydrogen-bond acceptors (Lipinski definition) is 5. The van der Waals surface area contributed by atoms with Gasteiger partial charge in [0.2, 0.25) is 5.91 Å². The summed E-state index contributed by atoms with van der Waals surface area (Å²) in [4.78, 5) is 24.2. The van der Waals surface area contributed by atoms with Crippen LogP contribution in [0.5, 0.6) is 17.2 Å². The highest BCUT2D eigenvalue weighted by molar-refractivity contribution is 9.10. The lowest BCUT2D eigenvalue weighted by Crippen LogP contribution is -2.47. The molecule has 2 aromatic carbocycles. The van der Waals surface area contributed by atoms with E-state index >= 15 is 0 Å². The van der Waals surface area contributed by atoms with Crippen LogP contribution in [0.1, 0.15) is 12.5 Å². The van der Waals surface area contributed by atoms with E-state index < -0.39 is 17.9 Å². The highest BCUT2D eigenvalue weighted by Gasteiger charge is 2.19. The Balaban J connectivity index is 1.51. The minimum atomic E-state index is -0.793. The predicted octanol–water partition coefficient (Wildman–Crippen LogP) is 3.03. The second kappa shape index (κ2) is 9.16. The molecular weight excluding hydrogens is 452 g/mol. The first-order chi connectivity index (χ1) is 13.4. The van der Waals surface area contributed by atoms with Crippen LogP contribution in [0.3, 0.4) is 0 Å². The maximum absolute atomic E-state index is 12.1. The Kier molecular flexibility index (Phi) is 6.64. The number of halogens is 2. The highest BCUT2D eigenvalue weighted by Crippen LogP contribution is 2.38. The zero-order valence-corrected chi connectivity index (χ0v) is 17.3. The van der Waals surface area contributed by atoms with E-state index in [2.05, 4.69) is 26.8 Å². The van der Waals surface area contributed by atoms with Crippen LogP contribution in [0.25, 0.3) is 0 Å². The van der Waals surface area contributed by atoms with E-state index in [1.54, 1.807) is 37.3 Å². The second-order valence-electron chi connectivity index (χ2n) is 6.03. The van der Waals surface area contributed by atoms with E-state index in [1.807, 2.05) is 6.07 Å². The normalized spacial score (nSPS) is 13.4. The fraction of sp³-hybridized carbons (Fsp3) is 0.263. The third-order valence-electron chi connectivity index (χ3n) is 3.82. The summed E-state index contributed by atoms with van der Waals surface area (Å²) < 4.78 is 17.3. The molecule has 1 aliphatic heterocycles. The van der Waals surface area contributed by atoms with Gasteiger partial charge in [0.25, 0.3) is 5.91 Å². The van der Waals surface area contributed by atoms with Gasteiger partial charge in [-0.25, -0.2) is 0 Å². The molecule has 0 bridgehead atoms. The monoisotopic (exact) mass is 468 g/mol. The Morgan fingerprint density at radius 2 is 2.00 bits per heavy atom. The van der Waals surface area contributed by atoms with Gasteiger partial charge in [0, 0.05) is 4.47 Å². The van der Waals surface area contributed by atoms with Crippen molar-refractivity contribution in [2.24, 2.45) is 0 Å². The van der Waals surface area contributed by atoms with Crippen LogP contribution >= 0.6 is 27.5 Å². The zero-order chi connectivity index (χ0) is 20.1. The smallest absolute Gasteiger partial charge is 0.279 e. The summed E-state index contributed by atoms with van der Waals surface area (Å²) in [6.07, 6.45) is -0.782. The zero-order valence-electron chi connectivity index (χ0n) is 15.0. The molecule has 1 aliphatic rings. The van der Waals surface area contributed by atoms with Gasteiger partial charge in [-0.05, 0) is 42.8 Å². The summed E-state index contributed by atoms with van der Waals surface area (Å²) in [6.45, 7) is 2.44. The van der Waals surface area contributed by atoms with E-state index in [0.29, 0.717) is 41.0 Å². The van der Waals surface area contributed by atoms with Gasteiger partial charge in [-0.1, -0.05) is 33.6 Å². The van der Waals surface area contributed by atoms with Crippen molar-refractivity contribution in [1.29, 1.82) is 0 Å². The summed E-state index contributed by atoms with van der Waals surface area (Å²) >= 11 is 9.50. The van der Waals surface area contributed by atoms with Crippen LogP contribution in [-0.2, 0) is 16.0 Å². The van der Waals surface area contributed by atoms with Crippen molar-refractivity contribution in [2.45, 2.75) is 19.4 Å². The Morgan fingerprint density at radius 1 is 1.21 bits per heavy atom. The standard InChI is InChI=1S/C19H18BrClN2O5/c1-11(28-14-4-2-3-13(20)10-14)19(25)23-22-17(24)9-12-7-15(21)18-16(8-12)26-5-6-27-18/h2-4,7-8,10-11H,5-6,9H2,1H3,(H,22,24)(H,23,25). The maximum atomic E-state index is 12.1. The van der Waals surface area contributed by atoms with Crippen LogP contribution < -0.4 is 25.1 Å². The Bertz CT molecular complexity index is 893. The van der Waals surface area contributed by atoms with Gasteiger partial charge in [0.05, 0.1) is 11.4 Å². The molecule has 1 heterocycles. The van der Waals surface area contributed by atoms with Crippen LogP contribution in [0, 0.1) is 0 Å². The molecule has 0 fully saturated rings. The van der Waals surface area contributed by atoms with Crippen molar-refractivity contribution in [3.05, 3.63) is 51.5 Å². The molecule has 2 amide bonds. The number of nitrogens with one attached hydrogen (secondary N) is 2. The average molecular weight is 470 g/mol. The summed E-state index contributed by atoms with van der Waals surface area (Å²) in [5.74, 6) is 0.629. The first-order valence-corrected chi connectivity index (χ1v) is 9.68. The number of hydrogen-bond donors (Lipinski definition) is 2. The molecule has 9 heteroatoms. The lowest BCUT2D eigenvalue weighted by Gasteiger charge is -2.20. The SMILES string of the molecule is CC(Oc1cccc(Br)c1)C(=O)NNC(=O)Cc1cc(Cl)c2c(c1)OCCO2. The van der Waals surface area contributed by atoms with E-state index in [4.69, 9.17) is 25.8 Å². The van der Waals surface area contributed by atoms with E-state index in [0.717, 1.165) is 4.47 Å². The number of carbonyl (C=O) groups is 2. The van der Waals surface area contributed by atoms with Gasteiger partial charge < -0.3 is 14.2 Å². The number of ether oxygens (including phenoxy) is 3. The quantitative estimate of drug-likeness (QED) is 0.658. The van der Waals surface area contributed by atoms with Crippen LogP contribution in [0.4, 0.5) is 0 Å². The molecule has 7 nitrogen and oxygen atoms in total. The summed E-state index contributed by atoms with van der Waals surface area (Å²) in [5.41, 5.74) is 5.35. The van der Waals surface area contributed by atoms with E-state index in [-0.39, 0.29) is 6.42 Å². The topological polar surface area (TPSA) is 85.9 Å². The first-order valence-electron chi connectivity index (χ1n) is 8.51. The van der Waals surface area contributed by atoms with Crippen molar-refractivity contribution in [3.63, 3.8) is 0 Å². The minimum absolute atomic E-state index is 0.0114. The molecule has 0 aromatic heterocycles. The Morgan fingerprint density at radius 3 is 2.79 bits per heavy atom. The van der Waals surface area contributed by atoms with Crippen molar-refractivity contribution in [3.8, 4) is 17.2 Å². The van der Waals surface area contributed by atoms with Gasteiger partial charge in [0.15, 0.2) is 17.6 Å². The number of hydrazine groups is 1. The van der Waals surface area contributed by atoms with Crippen molar-refractivity contribution in [2.75, 3.05) is 13.2 Å². The minimum Gasteiger partial charge on any atom is -0.486 e. The molecule has 0 radical (unpaired) electrons. The lowest BCUT2D eigenvalue weighted by molar-refractivity contribution is -0.132. The highest BCUT2D eigenvalue weighted by atomic mass is 79.9. The molecule has 1 unspecified atom stereocenters. The fourth-order valence-electron chi connectivity index (χ4n) is 2.53. The van der Waals surface area contributed by atoms with Crippen LogP contribution in [-0.4, -0.2) is 31.1 Å². The van der Waals surface area contributed by atoms with Gasteiger partial charge in [0.1, 0.15) is 19.0 Å². The molecule has 2 aromatic rings. The van der Waals surface area contributed by atoms with E-state index in [1.165, 1.54) is 0 Å². The summed E-state index contributed by atoms with van der Waals surface area (Å²) in [7, 11) is 0. The third-order valence-corrected chi connectivity index (χ3v) is 4.60. The maximum Gasteiger partial charge on any atom is 0.279 e. The number of rotatable bonds is 5. The number of carbonyl (C=O) groups excluding carboxylic acids is 2. The first kappa shape index (κ1) is 20.3. The molecule has 0 spiro atoms. The Hall–Kier alpha value is -2.45. The van der Waals surface area contributed by atoms with Crippen LogP contribution in [0.15, 0.2) is 40.9 Å². The molecule has 3 rings (SSSR count). The number of benzene rings is 2. The van der Waals surface area contributed by atoms with Crippen molar-refractivity contribution in [1.82, 2.24) is 10.9 Å². The van der Waals surface area contributed by atoms with Gasteiger partial charge in [-0.15, -0.1) is 0 Å². The van der Waals surface area contributed by atoms with Gasteiger partial charge >= 0.3 is 0 Å². The third kappa shape index (κ3) is 5.30. The fourth-order valence-corrected chi connectivity index (χ4v) is 3.19. The van der Waals surface area contributed by atoms with E-state index in [9.17, 15) is 9.59 Å². The average Bonchev–Trinajstić information content (AvgIpc) is 2.66. The number of fused-ring (bicyclic) bond motifs is 1. The largest absolute Gasteiger partial charge is 0.486 e. The second-order valence-corrected chi connectivity index (χ2v) is 7.36. The van der Waals surface area contributed by atoms with Crippen molar-refractivity contribution >= 4 is 39.3 Å². The molecule has 1 atom stereocenters. The molecular formula is C19H18BrClN2O5. The summed E-state index contributed by atoms with van der Waals surface area (Å²) in [5, 5.41) is 0.375. The molecule has 28 heavy (non-hydrogen) atoms. The Labute approximate surface area is 175 Å². The predicted molar refractivity (Wildman–Crippen MR) is 107 cm³/mol.